The quantitative estimate of drug-likeness (QED) is 0.0467. The summed E-state index contributed by atoms with van der Waals surface area (Å²) in [6.45, 7) is 13.0. The molecule has 61 heavy (non-hydrogen) atoms. The van der Waals surface area contributed by atoms with Crippen LogP contribution in [0.4, 0.5) is 0 Å². The number of ether oxygens (including phenoxy) is 2. The highest BCUT2D eigenvalue weighted by Crippen LogP contribution is 2.39. The van der Waals surface area contributed by atoms with Gasteiger partial charge in [-0.25, -0.2) is 0 Å². The summed E-state index contributed by atoms with van der Waals surface area (Å²) in [7, 11) is 0. The average Bonchev–Trinajstić information content (AvgIpc) is 3.21. The lowest BCUT2D eigenvalue weighted by Crippen LogP contribution is -2.27. The highest BCUT2D eigenvalue weighted by atomic mass is 16.7. The summed E-state index contributed by atoms with van der Waals surface area (Å²) < 4.78 is 13.5. The van der Waals surface area contributed by atoms with Gasteiger partial charge < -0.3 is 49.6 Å². The molecule has 1 fully saturated rings. The molecule has 3 unspecified atom stereocenters. The fourth-order valence-electron chi connectivity index (χ4n) is 8.38. The first-order chi connectivity index (χ1) is 29.2. The summed E-state index contributed by atoms with van der Waals surface area (Å²) in [4.78, 5) is 27.8. The van der Waals surface area contributed by atoms with Crippen LogP contribution in [0.2, 0.25) is 0 Å². The topological polar surface area (TPSA) is 275 Å². The number of nitrogens with zero attached hydrogens (tertiary/aromatic N) is 6. The van der Waals surface area contributed by atoms with Gasteiger partial charge in [0.25, 0.3) is 0 Å². The van der Waals surface area contributed by atoms with E-state index in [-0.39, 0.29) is 60.4 Å². The maximum atomic E-state index is 6.75. The van der Waals surface area contributed by atoms with Gasteiger partial charge in [-0.1, -0.05) is 52.7 Å². The monoisotopic (exact) mass is 842 g/mol. The predicted octanol–water partition coefficient (Wildman–Crippen LogP) is 6.00. The van der Waals surface area contributed by atoms with E-state index in [2.05, 4.69) is 71.9 Å². The summed E-state index contributed by atoms with van der Waals surface area (Å²) in [6.07, 6.45) is 15.3. The first kappa shape index (κ1) is 48.3. The van der Waals surface area contributed by atoms with E-state index >= 15 is 0 Å². The second kappa shape index (κ2) is 24.8. The lowest BCUT2D eigenvalue weighted by Gasteiger charge is -2.26. The lowest BCUT2D eigenvalue weighted by atomic mass is 9.85. The zero-order chi connectivity index (χ0) is 44.3. The number of guanidine groups is 3. The summed E-state index contributed by atoms with van der Waals surface area (Å²) in [5.74, 6) is 3.31. The van der Waals surface area contributed by atoms with Crippen LogP contribution in [0.3, 0.4) is 0 Å². The Morgan fingerprint density at radius 1 is 0.574 bits per heavy atom. The summed E-state index contributed by atoms with van der Waals surface area (Å²) in [5.41, 5.74) is 46.4. The minimum absolute atomic E-state index is 0.0194. The molecule has 1 heterocycles. The molecule has 2 aromatic rings. The zero-order valence-corrected chi connectivity index (χ0v) is 37.5. The highest BCUT2D eigenvalue weighted by Gasteiger charge is 2.26. The van der Waals surface area contributed by atoms with Crippen LogP contribution in [0, 0.1) is 0 Å². The van der Waals surface area contributed by atoms with Crippen molar-refractivity contribution in [2.24, 2.45) is 70.1 Å². The van der Waals surface area contributed by atoms with E-state index in [0.29, 0.717) is 32.0 Å². The van der Waals surface area contributed by atoms with E-state index in [0.717, 1.165) is 111 Å². The minimum Gasteiger partial charge on any atom is -0.457 e. The van der Waals surface area contributed by atoms with Crippen molar-refractivity contribution in [1.29, 1.82) is 0 Å². The molecular weight excluding hydrogens is 767 g/mol. The molecule has 15 heteroatoms. The third-order valence-corrected chi connectivity index (χ3v) is 11.5. The van der Waals surface area contributed by atoms with Crippen LogP contribution in [0.1, 0.15) is 169 Å². The molecule has 1 saturated carbocycles. The first-order valence-corrected chi connectivity index (χ1v) is 22.3. The molecule has 336 valence electrons. The van der Waals surface area contributed by atoms with Gasteiger partial charge in [0, 0.05) is 49.7 Å². The second-order valence-electron chi connectivity index (χ2n) is 17.2. The molecule has 0 bridgehead atoms. The van der Waals surface area contributed by atoms with E-state index in [4.69, 9.17) is 59.6 Å². The average molecular weight is 842 g/mol. The molecule has 1 aliphatic carbocycles. The molecule has 2 aromatic carbocycles. The lowest BCUT2D eigenvalue weighted by molar-refractivity contribution is 0.117. The Bertz CT molecular complexity index is 1690. The van der Waals surface area contributed by atoms with Crippen LogP contribution >= 0.6 is 0 Å². The molecule has 4 rings (SSSR count). The van der Waals surface area contributed by atoms with Gasteiger partial charge in [-0.05, 0) is 129 Å². The molecule has 14 N–H and O–H groups in total. The molecule has 1 aliphatic heterocycles. The number of amidine groups is 1. The van der Waals surface area contributed by atoms with Gasteiger partial charge in [0.05, 0.1) is 17.9 Å². The van der Waals surface area contributed by atoms with Gasteiger partial charge in [0.1, 0.15) is 11.5 Å². The van der Waals surface area contributed by atoms with Gasteiger partial charge in [-0.2, -0.15) is 0 Å². The number of rotatable bonds is 20. The Kier molecular flexibility index (Phi) is 19.6. The van der Waals surface area contributed by atoms with E-state index in [9.17, 15) is 0 Å². The number of fused-ring (bicyclic) bond motifs is 3. The maximum absolute atomic E-state index is 6.75. The van der Waals surface area contributed by atoms with Crippen molar-refractivity contribution >= 4 is 36.1 Å². The number of hydrogen-bond acceptors (Lipinski definition) is 8. The van der Waals surface area contributed by atoms with Crippen LogP contribution < -0.4 is 49.6 Å². The van der Waals surface area contributed by atoms with Crippen molar-refractivity contribution in [3.05, 3.63) is 57.6 Å². The molecule has 0 aromatic heterocycles. The van der Waals surface area contributed by atoms with Crippen molar-refractivity contribution in [2.45, 2.75) is 147 Å². The van der Waals surface area contributed by atoms with E-state index in [1.54, 1.807) is 0 Å². The van der Waals surface area contributed by atoms with Gasteiger partial charge >= 0.3 is 0 Å². The summed E-state index contributed by atoms with van der Waals surface area (Å²) in [5, 5.41) is 0. The van der Waals surface area contributed by atoms with Crippen LogP contribution in [-0.4, -0.2) is 81.2 Å². The predicted molar refractivity (Wildman–Crippen MR) is 255 cm³/mol. The van der Waals surface area contributed by atoms with Gasteiger partial charge in [-0.3, -0.25) is 30.0 Å². The van der Waals surface area contributed by atoms with Crippen molar-refractivity contribution in [2.75, 3.05) is 33.0 Å². The van der Waals surface area contributed by atoms with Crippen LogP contribution in [0.25, 0.3) is 0 Å². The number of aliphatic imine (C=N–C) groups is 6. The van der Waals surface area contributed by atoms with E-state index in [1.807, 2.05) is 19.4 Å². The minimum atomic E-state index is 0.0194. The molecular formula is C46H75N13O2. The van der Waals surface area contributed by atoms with Gasteiger partial charge in [0.15, 0.2) is 17.9 Å². The standard InChI is InChI=1S/C46H75N13O2/c1-29(2)38-24-34(32(12-8-18-54-31(5)47)13-9-19-55-44(48)49)22-36-26-58-40-16-6-7-17-41(40)59-27-37-23-35(25-39(30(3)4)43(37)61-28-60-42(36)38)33(14-10-20-56-45(50)51)15-11-21-57-46(52)53/h22-27,29-30,32-33,40-41H,6-21,28H2,1-5H3,(H2,47,54)(H4,48,49,55)(H4,50,51,56)(H4,52,53,57). The molecule has 2 aliphatic rings. The van der Waals surface area contributed by atoms with Crippen LogP contribution in [0.15, 0.2) is 54.2 Å². The maximum Gasteiger partial charge on any atom is 0.230 e. The van der Waals surface area contributed by atoms with Gasteiger partial charge in [0.2, 0.25) is 6.79 Å². The normalized spacial score (nSPS) is 17.1. The van der Waals surface area contributed by atoms with Crippen molar-refractivity contribution < 1.29 is 9.47 Å². The second-order valence-corrected chi connectivity index (χ2v) is 17.2. The fourth-order valence-corrected chi connectivity index (χ4v) is 8.38. The Labute approximate surface area is 364 Å². The summed E-state index contributed by atoms with van der Waals surface area (Å²) in [6, 6.07) is 9.17. The highest BCUT2D eigenvalue weighted by molar-refractivity contribution is 5.86. The third-order valence-electron chi connectivity index (χ3n) is 11.5. The van der Waals surface area contributed by atoms with Crippen LogP contribution in [0.5, 0.6) is 11.5 Å². The molecule has 0 spiro atoms. The third kappa shape index (κ3) is 15.9. The summed E-state index contributed by atoms with van der Waals surface area (Å²) >= 11 is 0. The van der Waals surface area contributed by atoms with E-state index < -0.39 is 0 Å². The largest absolute Gasteiger partial charge is 0.457 e. The van der Waals surface area contributed by atoms with Crippen molar-refractivity contribution in [3.8, 4) is 11.5 Å². The van der Waals surface area contributed by atoms with E-state index in [1.165, 1.54) is 11.1 Å². The molecule has 15 nitrogen and oxygen atoms in total. The fraction of sp³-hybridized carbons (Fsp3) is 0.609. The Balaban J connectivity index is 1.79. The Morgan fingerprint density at radius 3 is 1.26 bits per heavy atom. The van der Waals surface area contributed by atoms with Crippen LogP contribution in [-0.2, 0) is 0 Å². The van der Waals surface area contributed by atoms with Crippen molar-refractivity contribution in [1.82, 2.24) is 0 Å². The SMILES string of the molecule is CC(N)=NCCCC(CCCN=C(N)N)c1cc2c(c(C(C)C)c1)OCOc1c(cc(C(CCCN=C(N)N)CCCN=C(N)N)cc1C(C)C)C=NC1CCCCC1N=C2. The Morgan fingerprint density at radius 2 is 0.934 bits per heavy atom. The Hall–Kier alpha value is -5.34. The number of nitrogens with two attached hydrogens (primary N) is 7. The number of hydrogen-bond donors (Lipinski definition) is 7. The first-order valence-electron chi connectivity index (χ1n) is 22.3. The smallest absolute Gasteiger partial charge is 0.230 e. The van der Waals surface area contributed by atoms with Crippen molar-refractivity contribution in [3.63, 3.8) is 0 Å². The molecule has 0 saturated heterocycles. The van der Waals surface area contributed by atoms with Gasteiger partial charge in [-0.15, -0.1) is 0 Å². The molecule has 0 amide bonds. The molecule has 0 radical (unpaired) electrons. The molecule has 3 atom stereocenters. The number of benzene rings is 2. The zero-order valence-electron chi connectivity index (χ0n) is 37.5.